The van der Waals surface area contributed by atoms with Crippen molar-refractivity contribution in [2.24, 2.45) is 0 Å². The predicted octanol–water partition coefficient (Wildman–Crippen LogP) is 2.67. The summed E-state index contributed by atoms with van der Waals surface area (Å²) in [7, 11) is 0. The van der Waals surface area contributed by atoms with Gasteiger partial charge in [0.2, 0.25) is 5.91 Å². The first-order valence-electron chi connectivity index (χ1n) is 7.21. The molecule has 0 aliphatic carbocycles. The molecule has 0 N–H and O–H groups in total. The van der Waals surface area contributed by atoms with Crippen molar-refractivity contribution in [2.75, 3.05) is 4.90 Å². The van der Waals surface area contributed by atoms with E-state index in [0.717, 1.165) is 18.4 Å². The third-order valence-corrected chi connectivity index (χ3v) is 4.03. The summed E-state index contributed by atoms with van der Waals surface area (Å²) in [5.41, 5.74) is 2.86. The minimum absolute atomic E-state index is 0.109. The zero-order chi connectivity index (χ0) is 14.8. The number of anilines is 1. The van der Waals surface area contributed by atoms with E-state index < -0.39 is 0 Å². The van der Waals surface area contributed by atoms with Crippen LogP contribution in [0.5, 0.6) is 0 Å². The Morgan fingerprint density at radius 3 is 2.90 bits per heavy atom. The highest BCUT2D eigenvalue weighted by Crippen LogP contribution is 2.32. The molecule has 4 nitrogen and oxygen atoms in total. The molecule has 0 saturated heterocycles. The van der Waals surface area contributed by atoms with Gasteiger partial charge in [0, 0.05) is 30.9 Å². The van der Waals surface area contributed by atoms with Crippen molar-refractivity contribution in [1.82, 2.24) is 4.57 Å². The fraction of sp³-hybridized carbons (Fsp3) is 0.294. The molecule has 2 heterocycles. The molecule has 0 radical (unpaired) electrons. The molecule has 0 bridgehead atoms. The minimum Gasteiger partial charge on any atom is -0.345 e. The van der Waals surface area contributed by atoms with Crippen LogP contribution in [0.15, 0.2) is 42.6 Å². The summed E-state index contributed by atoms with van der Waals surface area (Å²) in [5.74, 6) is 0.109. The molecule has 1 aromatic heterocycles. The largest absolute Gasteiger partial charge is 0.345 e. The second-order valence-corrected chi connectivity index (χ2v) is 5.44. The molecular weight excluding hydrogens is 264 g/mol. The Bertz CT molecular complexity index is 675. The third kappa shape index (κ3) is 2.49. The molecule has 1 aliphatic rings. The van der Waals surface area contributed by atoms with Gasteiger partial charge in [0.05, 0.1) is 5.69 Å². The Labute approximate surface area is 124 Å². The van der Waals surface area contributed by atoms with Crippen LogP contribution in [0.3, 0.4) is 0 Å². The van der Waals surface area contributed by atoms with Crippen molar-refractivity contribution in [3.63, 3.8) is 0 Å². The van der Waals surface area contributed by atoms with Gasteiger partial charge in [-0.2, -0.15) is 0 Å². The van der Waals surface area contributed by atoms with Crippen LogP contribution in [0.2, 0.25) is 0 Å². The van der Waals surface area contributed by atoms with E-state index in [1.54, 1.807) is 6.07 Å². The van der Waals surface area contributed by atoms with Gasteiger partial charge in [0.25, 0.3) is 0 Å². The lowest BCUT2D eigenvalue weighted by Gasteiger charge is -2.23. The average molecular weight is 282 g/mol. The van der Waals surface area contributed by atoms with Crippen LogP contribution in [-0.2, 0) is 17.8 Å². The average Bonchev–Trinajstić information content (AvgIpc) is 3.07. The molecule has 0 fully saturated rings. The highest BCUT2D eigenvalue weighted by Gasteiger charge is 2.30. The summed E-state index contributed by atoms with van der Waals surface area (Å²) in [6, 6.07) is 11.8. The summed E-state index contributed by atoms with van der Waals surface area (Å²) >= 11 is 0. The van der Waals surface area contributed by atoms with Gasteiger partial charge in [-0.05, 0) is 37.1 Å². The zero-order valence-electron chi connectivity index (χ0n) is 12.0. The SMILES string of the molecule is CC1Cc2ccccc2N1C(=O)CCn1cccc1C=O. The molecule has 1 aliphatic heterocycles. The first kappa shape index (κ1) is 13.6. The number of amides is 1. The highest BCUT2D eigenvalue weighted by atomic mass is 16.2. The maximum atomic E-state index is 12.5. The number of hydrogen-bond acceptors (Lipinski definition) is 2. The van der Waals surface area contributed by atoms with Crippen LogP contribution in [0, 0.1) is 0 Å². The van der Waals surface area contributed by atoms with E-state index in [-0.39, 0.29) is 11.9 Å². The van der Waals surface area contributed by atoms with Gasteiger partial charge >= 0.3 is 0 Å². The Kier molecular flexibility index (Phi) is 3.60. The summed E-state index contributed by atoms with van der Waals surface area (Å²) in [5, 5.41) is 0. The number of hydrogen-bond donors (Lipinski definition) is 0. The van der Waals surface area contributed by atoms with E-state index in [0.29, 0.717) is 18.7 Å². The first-order valence-corrected chi connectivity index (χ1v) is 7.21. The van der Waals surface area contributed by atoms with E-state index in [1.807, 2.05) is 39.9 Å². The van der Waals surface area contributed by atoms with Gasteiger partial charge in [-0.25, -0.2) is 0 Å². The fourth-order valence-electron chi connectivity index (χ4n) is 3.02. The molecule has 2 aromatic rings. The predicted molar refractivity (Wildman–Crippen MR) is 81.5 cm³/mol. The van der Waals surface area contributed by atoms with Crippen LogP contribution in [-0.4, -0.2) is 22.8 Å². The lowest BCUT2D eigenvalue weighted by Crippen LogP contribution is -2.36. The van der Waals surface area contributed by atoms with Crippen LogP contribution in [0.4, 0.5) is 5.69 Å². The van der Waals surface area contributed by atoms with E-state index in [1.165, 1.54) is 5.56 Å². The number of benzene rings is 1. The topological polar surface area (TPSA) is 42.3 Å². The maximum Gasteiger partial charge on any atom is 0.229 e. The number of aromatic nitrogens is 1. The zero-order valence-corrected chi connectivity index (χ0v) is 12.0. The Morgan fingerprint density at radius 1 is 1.29 bits per heavy atom. The Balaban J connectivity index is 1.73. The quantitative estimate of drug-likeness (QED) is 0.809. The van der Waals surface area contributed by atoms with Crippen molar-refractivity contribution < 1.29 is 9.59 Å². The molecule has 3 rings (SSSR count). The molecular formula is C17H18N2O2. The molecule has 1 atom stereocenters. The summed E-state index contributed by atoms with van der Waals surface area (Å²) in [4.78, 5) is 25.3. The number of aldehydes is 1. The lowest BCUT2D eigenvalue weighted by atomic mass is 10.1. The number of fused-ring (bicyclic) bond motifs is 1. The molecule has 21 heavy (non-hydrogen) atoms. The van der Waals surface area contributed by atoms with Gasteiger partial charge in [0.15, 0.2) is 6.29 Å². The lowest BCUT2D eigenvalue weighted by molar-refractivity contribution is -0.119. The van der Waals surface area contributed by atoms with Crippen molar-refractivity contribution in [3.05, 3.63) is 53.9 Å². The summed E-state index contributed by atoms with van der Waals surface area (Å²) in [6.45, 7) is 2.61. The molecule has 1 unspecified atom stereocenters. The monoisotopic (exact) mass is 282 g/mol. The van der Waals surface area contributed by atoms with E-state index in [2.05, 4.69) is 13.0 Å². The van der Waals surface area contributed by atoms with Crippen LogP contribution in [0.25, 0.3) is 0 Å². The van der Waals surface area contributed by atoms with Crippen molar-refractivity contribution in [3.8, 4) is 0 Å². The van der Waals surface area contributed by atoms with Crippen LogP contribution >= 0.6 is 0 Å². The van der Waals surface area contributed by atoms with Gasteiger partial charge in [-0.3, -0.25) is 9.59 Å². The van der Waals surface area contributed by atoms with E-state index >= 15 is 0 Å². The molecule has 1 amide bonds. The van der Waals surface area contributed by atoms with Gasteiger partial charge in [-0.1, -0.05) is 18.2 Å². The highest BCUT2D eigenvalue weighted by molar-refractivity contribution is 5.96. The van der Waals surface area contributed by atoms with Gasteiger partial charge in [0.1, 0.15) is 0 Å². The normalized spacial score (nSPS) is 16.8. The maximum absolute atomic E-state index is 12.5. The number of carbonyl (C=O) groups is 2. The van der Waals surface area contributed by atoms with Crippen molar-refractivity contribution in [2.45, 2.75) is 32.4 Å². The number of aryl methyl sites for hydroxylation is 1. The summed E-state index contributed by atoms with van der Waals surface area (Å²) < 4.78 is 1.82. The number of para-hydroxylation sites is 1. The summed E-state index contributed by atoms with van der Waals surface area (Å²) in [6.07, 6.45) is 3.95. The van der Waals surface area contributed by atoms with Crippen LogP contribution < -0.4 is 4.90 Å². The number of nitrogens with zero attached hydrogens (tertiary/aromatic N) is 2. The Morgan fingerprint density at radius 2 is 2.10 bits per heavy atom. The minimum atomic E-state index is 0.109. The number of carbonyl (C=O) groups excluding carboxylic acids is 2. The standard InChI is InChI=1S/C17H18N2O2/c1-13-11-14-5-2-3-7-16(14)19(13)17(21)8-10-18-9-4-6-15(18)12-20/h2-7,9,12-13H,8,10-11H2,1H3. The number of rotatable bonds is 4. The molecule has 4 heteroatoms. The van der Waals surface area contributed by atoms with E-state index in [4.69, 9.17) is 0 Å². The smallest absolute Gasteiger partial charge is 0.229 e. The van der Waals surface area contributed by atoms with Crippen molar-refractivity contribution >= 4 is 17.9 Å². The first-order chi connectivity index (χ1) is 10.2. The second-order valence-electron chi connectivity index (χ2n) is 5.44. The fourth-order valence-corrected chi connectivity index (χ4v) is 3.02. The molecule has 0 spiro atoms. The molecule has 0 saturated carbocycles. The van der Waals surface area contributed by atoms with Crippen molar-refractivity contribution in [1.29, 1.82) is 0 Å². The van der Waals surface area contributed by atoms with E-state index in [9.17, 15) is 9.59 Å². The van der Waals surface area contributed by atoms with Gasteiger partial charge in [-0.15, -0.1) is 0 Å². The van der Waals surface area contributed by atoms with Gasteiger partial charge < -0.3 is 9.47 Å². The second kappa shape index (κ2) is 5.56. The molecule has 1 aromatic carbocycles. The Hall–Kier alpha value is -2.36. The third-order valence-electron chi connectivity index (χ3n) is 4.03. The molecule has 108 valence electrons. The van der Waals surface area contributed by atoms with Crippen LogP contribution in [0.1, 0.15) is 29.4 Å².